The molecule has 0 amide bonds. The van der Waals surface area contributed by atoms with Gasteiger partial charge in [0.1, 0.15) is 5.82 Å². The molecule has 2 N–H and O–H groups in total. The third kappa shape index (κ3) is 4.62. The highest BCUT2D eigenvalue weighted by Crippen LogP contribution is 2.20. The molecule has 4 heteroatoms. The van der Waals surface area contributed by atoms with Crippen LogP contribution in [0.4, 0.5) is 4.39 Å². The molecule has 1 aromatic rings. The second kappa shape index (κ2) is 6.94. The summed E-state index contributed by atoms with van der Waals surface area (Å²) < 4.78 is 13.3. The molecule has 0 aliphatic rings. The van der Waals surface area contributed by atoms with Crippen LogP contribution in [-0.2, 0) is 0 Å². The van der Waals surface area contributed by atoms with E-state index < -0.39 is 0 Å². The van der Waals surface area contributed by atoms with Gasteiger partial charge in [0.25, 0.3) is 0 Å². The van der Waals surface area contributed by atoms with Gasteiger partial charge in [0.15, 0.2) is 0 Å². The molecule has 1 aromatic carbocycles. The molecular weight excluding hydrogens is 241 g/mol. The molecule has 0 aromatic heterocycles. The SMILES string of the molecule is CC(CCCO)NC(C)c1ccc(Cl)c(F)c1. The van der Waals surface area contributed by atoms with Gasteiger partial charge in [0, 0.05) is 18.7 Å². The Labute approximate surface area is 107 Å². The Hall–Kier alpha value is -0.640. The molecular formula is C13H19ClFNO. The molecule has 0 aliphatic carbocycles. The Morgan fingerprint density at radius 1 is 1.41 bits per heavy atom. The van der Waals surface area contributed by atoms with Crippen LogP contribution in [0.15, 0.2) is 18.2 Å². The quantitative estimate of drug-likeness (QED) is 0.822. The largest absolute Gasteiger partial charge is 0.396 e. The van der Waals surface area contributed by atoms with E-state index in [0.29, 0.717) is 0 Å². The molecule has 0 saturated carbocycles. The Bertz CT molecular complexity index is 359. The van der Waals surface area contributed by atoms with Crippen LogP contribution in [0.1, 0.15) is 38.3 Å². The van der Waals surface area contributed by atoms with Gasteiger partial charge in [-0.2, -0.15) is 0 Å². The number of rotatable bonds is 6. The third-order valence-electron chi connectivity index (χ3n) is 2.77. The minimum Gasteiger partial charge on any atom is -0.396 e. The molecule has 0 radical (unpaired) electrons. The van der Waals surface area contributed by atoms with E-state index in [4.69, 9.17) is 16.7 Å². The van der Waals surface area contributed by atoms with Gasteiger partial charge in [0.05, 0.1) is 5.02 Å². The van der Waals surface area contributed by atoms with Crippen molar-refractivity contribution in [3.63, 3.8) is 0 Å². The van der Waals surface area contributed by atoms with Gasteiger partial charge in [-0.05, 0) is 44.4 Å². The minimum atomic E-state index is -0.388. The fourth-order valence-corrected chi connectivity index (χ4v) is 1.90. The van der Waals surface area contributed by atoms with E-state index in [-0.39, 0.29) is 29.5 Å². The van der Waals surface area contributed by atoms with Gasteiger partial charge < -0.3 is 10.4 Å². The van der Waals surface area contributed by atoms with E-state index >= 15 is 0 Å². The van der Waals surface area contributed by atoms with Crippen molar-refractivity contribution in [2.24, 2.45) is 0 Å². The summed E-state index contributed by atoms with van der Waals surface area (Å²) in [5.74, 6) is -0.388. The van der Waals surface area contributed by atoms with Gasteiger partial charge in [-0.25, -0.2) is 4.39 Å². The van der Waals surface area contributed by atoms with E-state index in [1.165, 1.54) is 6.07 Å². The van der Waals surface area contributed by atoms with E-state index in [2.05, 4.69) is 12.2 Å². The third-order valence-corrected chi connectivity index (χ3v) is 3.08. The topological polar surface area (TPSA) is 32.3 Å². The smallest absolute Gasteiger partial charge is 0.142 e. The highest BCUT2D eigenvalue weighted by Gasteiger charge is 2.11. The second-order valence-electron chi connectivity index (χ2n) is 4.33. The lowest BCUT2D eigenvalue weighted by molar-refractivity contribution is 0.274. The molecule has 17 heavy (non-hydrogen) atoms. The van der Waals surface area contributed by atoms with Gasteiger partial charge in [-0.15, -0.1) is 0 Å². The highest BCUT2D eigenvalue weighted by molar-refractivity contribution is 6.30. The van der Waals surface area contributed by atoms with Crippen molar-refractivity contribution >= 4 is 11.6 Å². The number of benzene rings is 1. The number of hydrogen-bond donors (Lipinski definition) is 2. The summed E-state index contributed by atoms with van der Waals surface area (Å²) in [6.07, 6.45) is 1.67. The number of hydrogen-bond acceptors (Lipinski definition) is 2. The molecule has 2 unspecified atom stereocenters. The van der Waals surface area contributed by atoms with Crippen LogP contribution in [0.25, 0.3) is 0 Å². The summed E-state index contributed by atoms with van der Waals surface area (Å²) in [6.45, 7) is 4.24. The summed E-state index contributed by atoms with van der Waals surface area (Å²) in [6, 6.07) is 5.20. The van der Waals surface area contributed by atoms with Crippen molar-refractivity contribution in [3.8, 4) is 0 Å². The Morgan fingerprint density at radius 2 is 2.12 bits per heavy atom. The van der Waals surface area contributed by atoms with Crippen molar-refractivity contribution in [1.29, 1.82) is 0 Å². The number of aliphatic hydroxyl groups excluding tert-OH is 1. The zero-order chi connectivity index (χ0) is 12.8. The maximum Gasteiger partial charge on any atom is 0.142 e. The predicted molar refractivity (Wildman–Crippen MR) is 68.7 cm³/mol. The van der Waals surface area contributed by atoms with Crippen molar-refractivity contribution in [1.82, 2.24) is 5.32 Å². The lowest BCUT2D eigenvalue weighted by atomic mass is 10.1. The minimum absolute atomic E-state index is 0.0652. The van der Waals surface area contributed by atoms with Gasteiger partial charge in [-0.3, -0.25) is 0 Å². The van der Waals surface area contributed by atoms with Gasteiger partial charge in [-0.1, -0.05) is 17.7 Å². The lowest BCUT2D eigenvalue weighted by Gasteiger charge is -2.20. The molecule has 96 valence electrons. The standard InChI is InChI=1S/C13H19ClFNO/c1-9(4-3-7-17)16-10(2)11-5-6-12(14)13(15)8-11/h5-6,8-10,16-17H,3-4,7H2,1-2H3. The van der Waals surface area contributed by atoms with Crippen LogP contribution >= 0.6 is 11.6 Å². The zero-order valence-corrected chi connectivity index (χ0v) is 11.0. The Balaban J connectivity index is 2.57. The second-order valence-corrected chi connectivity index (χ2v) is 4.74. The molecule has 0 bridgehead atoms. The van der Waals surface area contributed by atoms with Crippen LogP contribution in [-0.4, -0.2) is 17.8 Å². The fourth-order valence-electron chi connectivity index (χ4n) is 1.79. The van der Waals surface area contributed by atoms with Crippen LogP contribution in [0.3, 0.4) is 0 Å². The molecule has 2 atom stereocenters. The Kier molecular flexibility index (Phi) is 5.89. The molecule has 0 saturated heterocycles. The highest BCUT2D eigenvalue weighted by atomic mass is 35.5. The van der Waals surface area contributed by atoms with Crippen LogP contribution in [0.2, 0.25) is 5.02 Å². The van der Waals surface area contributed by atoms with Crippen molar-refractivity contribution in [2.75, 3.05) is 6.61 Å². The summed E-state index contributed by atoms with van der Waals surface area (Å²) in [5.41, 5.74) is 0.878. The number of nitrogens with one attached hydrogen (secondary N) is 1. The lowest BCUT2D eigenvalue weighted by Crippen LogP contribution is -2.29. The first-order valence-electron chi connectivity index (χ1n) is 5.86. The maximum absolute atomic E-state index is 13.3. The normalized spacial score (nSPS) is 14.6. The molecule has 0 heterocycles. The molecule has 0 fully saturated rings. The van der Waals surface area contributed by atoms with Crippen LogP contribution < -0.4 is 5.32 Å². The summed E-state index contributed by atoms with van der Waals surface area (Å²) in [7, 11) is 0. The van der Waals surface area contributed by atoms with Crippen LogP contribution in [0, 0.1) is 5.82 Å². The molecule has 1 rings (SSSR count). The van der Waals surface area contributed by atoms with Gasteiger partial charge in [0.2, 0.25) is 0 Å². The Morgan fingerprint density at radius 3 is 2.71 bits per heavy atom. The maximum atomic E-state index is 13.3. The van der Waals surface area contributed by atoms with Crippen molar-refractivity contribution in [3.05, 3.63) is 34.6 Å². The fraction of sp³-hybridized carbons (Fsp3) is 0.538. The van der Waals surface area contributed by atoms with E-state index in [1.807, 2.05) is 13.0 Å². The molecule has 0 spiro atoms. The van der Waals surface area contributed by atoms with E-state index in [9.17, 15) is 4.39 Å². The predicted octanol–water partition coefficient (Wildman–Crippen LogP) is 3.29. The average molecular weight is 260 g/mol. The monoisotopic (exact) mass is 259 g/mol. The first kappa shape index (κ1) is 14.4. The molecule has 2 nitrogen and oxygen atoms in total. The van der Waals surface area contributed by atoms with Crippen molar-refractivity contribution in [2.45, 2.75) is 38.8 Å². The number of halogens is 2. The first-order valence-corrected chi connectivity index (χ1v) is 6.24. The summed E-state index contributed by atoms with van der Waals surface area (Å²) in [4.78, 5) is 0. The zero-order valence-electron chi connectivity index (χ0n) is 10.2. The molecule has 0 aliphatic heterocycles. The van der Waals surface area contributed by atoms with Crippen molar-refractivity contribution < 1.29 is 9.50 Å². The average Bonchev–Trinajstić information content (AvgIpc) is 2.30. The first-order chi connectivity index (χ1) is 8.04. The van der Waals surface area contributed by atoms with E-state index in [1.54, 1.807) is 6.07 Å². The van der Waals surface area contributed by atoms with E-state index in [0.717, 1.165) is 18.4 Å². The van der Waals surface area contributed by atoms with Gasteiger partial charge >= 0.3 is 0 Å². The summed E-state index contributed by atoms with van der Waals surface area (Å²) in [5, 5.41) is 12.2. The summed E-state index contributed by atoms with van der Waals surface area (Å²) >= 11 is 5.64. The van der Waals surface area contributed by atoms with Crippen LogP contribution in [0.5, 0.6) is 0 Å². The number of aliphatic hydroxyl groups is 1.